The Bertz CT molecular complexity index is 557. The highest BCUT2D eigenvalue weighted by Gasteiger charge is 2.22. The second-order valence-electron chi connectivity index (χ2n) is 8.11. The summed E-state index contributed by atoms with van der Waals surface area (Å²) in [5.41, 5.74) is 1.32. The monoisotopic (exact) mass is 372 g/mol. The number of rotatable bonds is 6. The van der Waals surface area contributed by atoms with Crippen molar-refractivity contribution < 1.29 is 4.79 Å². The Hall–Kier alpha value is -1.43. The molecule has 0 aliphatic carbocycles. The molecular weight excluding hydrogens is 336 g/mol. The fourth-order valence-corrected chi connectivity index (χ4v) is 4.27. The van der Waals surface area contributed by atoms with E-state index in [0.717, 1.165) is 45.7 Å². The number of likely N-dealkylation sites (N-methyl/N-ethyl adjacent to an activating group) is 1. The zero-order valence-corrected chi connectivity index (χ0v) is 16.9. The first-order valence-electron chi connectivity index (χ1n) is 10.7. The maximum absolute atomic E-state index is 12.6. The largest absolute Gasteiger partial charge is 0.353 e. The van der Waals surface area contributed by atoms with Gasteiger partial charge in [0.1, 0.15) is 0 Å². The van der Waals surface area contributed by atoms with Gasteiger partial charge in [0.05, 0.1) is 12.6 Å². The fourth-order valence-electron chi connectivity index (χ4n) is 4.27. The van der Waals surface area contributed by atoms with Crippen LogP contribution >= 0.6 is 0 Å². The Labute approximate surface area is 164 Å². The van der Waals surface area contributed by atoms with Crippen LogP contribution in [0.1, 0.15) is 43.7 Å². The molecule has 27 heavy (non-hydrogen) atoms. The number of hydrogen-bond acceptors (Lipinski definition) is 4. The van der Waals surface area contributed by atoms with Gasteiger partial charge in [-0.15, -0.1) is 0 Å². The van der Waals surface area contributed by atoms with E-state index < -0.39 is 0 Å². The summed E-state index contributed by atoms with van der Waals surface area (Å²) in [5.74, 6) is 0.162. The number of carbonyl (C=O) groups excluding carboxylic acids is 1. The van der Waals surface area contributed by atoms with Crippen molar-refractivity contribution in [1.29, 1.82) is 0 Å². The number of likely N-dealkylation sites (tertiary alicyclic amines) is 1. The summed E-state index contributed by atoms with van der Waals surface area (Å²) in [6, 6.07) is 11.0. The van der Waals surface area contributed by atoms with Crippen LogP contribution in [0.25, 0.3) is 0 Å². The van der Waals surface area contributed by atoms with Crippen LogP contribution in [0.3, 0.4) is 0 Å². The van der Waals surface area contributed by atoms with Gasteiger partial charge in [0.25, 0.3) is 0 Å². The van der Waals surface area contributed by atoms with Gasteiger partial charge in [-0.2, -0.15) is 0 Å². The lowest BCUT2D eigenvalue weighted by atomic mass is 10.0. The van der Waals surface area contributed by atoms with Crippen LogP contribution < -0.4 is 5.32 Å². The minimum atomic E-state index is 0.162. The summed E-state index contributed by atoms with van der Waals surface area (Å²) in [5, 5.41) is 3.24. The first-order chi connectivity index (χ1) is 13.2. The number of amides is 1. The first-order valence-corrected chi connectivity index (χ1v) is 10.7. The lowest BCUT2D eigenvalue weighted by molar-refractivity contribution is -0.122. The highest BCUT2D eigenvalue weighted by Crippen LogP contribution is 2.23. The minimum Gasteiger partial charge on any atom is -0.353 e. The second-order valence-corrected chi connectivity index (χ2v) is 8.11. The van der Waals surface area contributed by atoms with Gasteiger partial charge >= 0.3 is 0 Å². The predicted molar refractivity (Wildman–Crippen MR) is 111 cm³/mol. The van der Waals surface area contributed by atoms with E-state index >= 15 is 0 Å². The molecule has 0 bridgehead atoms. The molecule has 3 rings (SSSR count). The molecule has 5 nitrogen and oxygen atoms in total. The average Bonchev–Trinajstić information content (AvgIpc) is 3.06. The second kappa shape index (κ2) is 10.8. The van der Waals surface area contributed by atoms with Gasteiger partial charge in [-0.1, -0.05) is 43.2 Å². The number of hydrogen-bond donors (Lipinski definition) is 1. The van der Waals surface area contributed by atoms with E-state index in [1.807, 2.05) is 0 Å². The molecule has 0 saturated carbocycles. The van der Waals surface area contributed by atoms with Crippen LogP contribution in [0.15, 0.2) is 30.3 Å². The quantitative estimate of drug-likeness (QED) is 0.832. The van der Waals surface area contributed by atoms with Gasteiger partial charge in [0, 0.05) is 19.6 Å². The van der Waals surface area contributed by atoms with Gasteiger partial charge < -0.3 is 10.2 Å². The molecule has 2 fully saturated rings. The van der Waals surface area contributed by atoms with Crippen molar-refractivity contribution in [3.05, 3.63) is 35.9 Å². The van der Waals surface area contributed by atoms with E-state index in [4.69, 9.17) is 0 Å². The van der Waals surface area contributed by atoms with Crippen LogP contribution in [0.2, 0.25) is 0 Å². The maximum Gasteiger partial charge on any atom is 0.234 e. The molecule has 1 atom stereocenters. The summed E-state index contributed by atoms with van der Waals surface area (Å²) < 4.78 is 0. The Morgan fingerprint density at radius 3 is 2.41 bits per heavy atom. The third-order valence-corrected chi connectivity index (χ3v) is 5.94. The smallest absolute Gasteiger partial charge is 0.234 e. The number of nitrogens with zero attached hydrogens (tertiary/aromatic N) is 3. The molecule has 0 radical (unpaired) electrons. The van der Waals surface area contributed by atoms with Crippen molar-refractivity contribution in [3.8, 4) is 0 Å². The fraction of sp³-hybridized carbons (Fsp3) is 0.682. The van der Waals surface area contributed by atoms with Gasteiger partial charge in [0.2, 0.25) is 5.91 Å². The Morgan fingerprint density at radius 1 is 0.926 bits per heavy atom. The van der Waals surface area contributed by atoms with Crippen LogP contribution in [-0.2, 0) is 4.79 Å². The molecule has 5 heteroatoms. The molecule has 0 spiro atoms. The number of carbonyl (C=O) groups is 1. The standard InChI is InChI=1S/C22H36N4O/c1-24-12-9-13-25(17-16-24)19-22(27)23-18-21(20-10-5-4-6-11-20)26-14-7-2-3-8-15-26/h4-6,10-11,21H,2-3,7-9,12-19H2,1H3,(H,23,27). The summed E-state index contributed by atoms with van der Waals surface area (Å²) in [4.78, 5) is 19.8. The zero-order chi connectivity index (χ0) is 18.9. The normalized spacial score (nSPS) is 22.0. The SMILES string of the molecule is CN1CCCN(CC(=O)NCC(c2ccccc2)N2CCCCCC2)CC1. The van der Waals surface area contributed by atoms with Crippen molar-refractivity contribution in [1.82, 2.24) is 20.0 Å². The van der Waals surface area contributed by atoms with E-state index in [1.165, 1.54) is 31.2 Å². The molecule has 1 unspecified atom stereocenters. The lowest BCUT2D eigenvalue weighted by Crippen LogP contribution is -2.43. The zero-order valence-electron chi connectivity index (χ0n) is 16.9. The highest BCUT2D eigenvalue weighted by molar-refractivity contribution is 5.78. The minimum absolute atomic E-state index is 0.162. The molecule has 1 aromatic carbocycles. The molecule has 2 aliphatic rings. The molecular formula is C22H36N4O. The van der Waals surface area contributed by atoms with Crippen molar-refractivity contribution in [2.45, 2.75) is 38.1 Å². The summed E-state index contributed by atoms with van der Waals surface area (Å²) in [6.07, 6.45) is 6.32. The molecule has 1 N–H and O–H groups in total. The molecule has 0 aromatic heterocycles. The van der Waals surface area contributed by atoms with Crippen molar-refractivity contribution in [2.24, 2.45) is 0 Å². The maximum atomic E-state index is 12.6. The molecule has 150 valence electrons. The summed E-state index contributed by atoms with van der Waals surface area (Å²) in [7, 11) is 2.16. The van der Waals surface area contributed by atoms with Gasteiger partial charge in [-0.05, 0) is 58.1 Å². The Balaban J connectivity index is 1.56. The van der Waals surface area contributed by atoms with Crippen LogP contribution in [0, 0.1) is 0 Å². The highest BCUT2D eigenvalue weighted by atomic mass is 16.2. The molecule has 1 amide bonds. The molecule has 1 aromatic rings. The third-order valence-electron chi connectivity index (χ3n) is 5.94. The van der Waals surface area contributed by atoms with E-state index in [0.29, 0.717) is 13.1 Å². The topological polar surface area (TPSA) is 38.8 Å². The van der Waals surface area contributed by atoms with Crippen molar-refractivity contribution in [2.75, 3.05) is 59.4 Å². The predicted octanol–water partition coefficient (Wildman–Crippen LogP) is 2.36. The number of nitrogens with one attached hydrogen (secondary N) is 1. The van der Waals surface area contributed by atoms with Crippen LogP contribution in [0.5, 0.6) is 0 Å². The third kappa shape index (κ3) is 6.59. The Kier molecular flexibility index (Phi) is 8.11. The Morgan fingerprint density at radius 2 is 1.67 bits per heavy atom. The summed E-state index contributed by atoms with van der Waals surface area (Å²) in [6.45, 7) is 7.68. The van der Waals surface area contributed by atoms with Gasteiger partial charge in [0.15, 0.2) is 0 Å². The van der Waals surface area contributed by atoms with E-state index in [-0.39, 0.29) is 11.9 Å². The first kappa shape index (κ1) is 20.3. The molecule has 2 heterocycles. The van der Waals surface area contributed by atoms with Crippen molar-refractivity contribution in [3.63, 3.8) is 0 Å². The lowest BCUT2D eigenvalue weighted by Gasteiger charge is -2.31. The number of benzene rings is 1. The van der Waals surface area contributed by atoms with Crippen molar-refractivity contribution >= 4 is 5.91 Å². The summed E-state index contributed by atoms with van der Waals surface area (Å²) >= 11 is 0. The molecule has 2 aliphatic heterocycles. The van der Waals surface area contributed by atoms with E-state index in [2.05, 4.69) is 57.4 Å². The molecule has 2 saturated heterocycles. The average molecular weight is 373 g/mol. The van der Waals surface area contributed by atoms with Crippen LogP contribution in [-0.4, -0.2) is 80.0 Å². The van der Waals surface area contributed by atoms with Crippen LogP contribution in [0.4, 0.5) is 0 Å². The van der Waals surface area contributed by atoms with Gasteiger partial charge in [-0.3, -0.25) is 14.6 Å². The van der Waals surface area contributed by atoms with E-state index in [9.17, 15) is 4.79 Å². The van der Waals surface area contributed by atoms with E-state index in [1.54, 1.807) is 0 Å². The van der Waals surface area contributed by atoms with Gasteiger partial charge in [-0.25, -0.2) is 0 Å².